The van der Waals surface area contributed by atoms with Gasteiger partial charge in [0.25, 0.3) is 17.4 Å². The number of anilines is 2. The van der Waals surface area contributed by atoms with Crippen LogP contribution in [0, 0.1) is 0 Å². The SMILES string of the molecule is O=C(Nc1cc(C(F)(F)F)c[nH]c1=O)c1cccc(NC(=O)C2CCCO2)c1. The number of pyridine rings is 1. The first-order valence-corrected chi connectivity index (χ1v) is 8.38. The van der Waals surface area contributed by atoms with Gasteiger partial charge in [0.05, 0.1) is 5.56 Å². The third kappa shape index (κ3) is 4.58. The summed E-state index contributed by atoms with van der Waals surface area (Å²) in [6.07, 6.45) is -3.31. The molecule has 1 aliphatic heterocycles. The molecule has 148 valence electrons. The molecule has 28 heavy (non-hydrogen) atoms. The fourth-order valence-corrected chi connectivity index (χ4v) is 2.68. The highest BCUT2D eigenvalue weighted by Crippen LogP contribution is 2.29. The Morgan fingerprint density at radius 2 is 1.96 bits per heavy atom. The summed E-state index contributed by atoms with van der Waals surface area (Å²) in [5.74, 6) is -1.14. The summed E-state index contributed by atoms with van der Waals surface area (Å²) in [5, 5.41) is 4.78. The van der Waals surface area contributed by atoms with Gasteiger partial charge in [-0.3, -0.25) is 14.4 Å². The number of benzene rings is 1. The Kier molecular flexibility index (Phi) is 5.50. The molecule has 1 atom stereocenters. The zero-order chi connectivity index (χ0) is 20.3. The first-order valence-electron chi connectivity index (χ1n) is 8.38. The average molecular weight is 395 g/mol. The Labute approximate surface area is 156 Å². The number of halogens is 3. The van der Waals surface area contributed by atoms with Gasteiger partial charge < -0.3 is 20.4 Å². The van der Waals surface area contributed by atoms with Crippen LogP contribution in [-0.2, 0) is 15.7 Å². The predicted octanol–water partition coefficient (Wildman–Crippen LogP) is 2.76. The molecule has 0 aliphatic carbocycles. The number of aromatic amines is 1. The average Bonchev–Trinajstić information content (AvgIpc) is 3.17. The topological polar surface area (TPSA) is 100 Å². The van der Waals surface area contributed by atoms with Crippen LogP contribution >= 0.6 is 0 Å². The van der Waals surface area contributed by atoms with Crippen LogP contribution in [0.2, 0.25) is 0 Å². The number of amides is 2. The lowest BCUT2D eigenvalue weighted by atomic mass is 10.1. The molecule has 1 aromatic heterocycles. The molecule has 2 aromatic rings. The minimum atomic E-state index is -4.67. The van der Waals surface area contributed by atoms with Gasteiger partial charge in [-0.15, -0.1) is 0 Å². The van der Waals surface area contributed by atoms with E-state index in [2.05, 4.69) is 10.6 Å². The second kappa shape index (κ2) is 7.85. The maximum absolute atomic E-state index is 12.8. The van der Waals surface area contributed by atoms with E-state index in [1.807, 2.05) is 4.98 Å². The number of H-pyrrole nitrogens is 1. The number of alkyl halides is 3. The molecule has 1 unspecified atom stereocenters. The monoisotopic (exact) mass is 395 g/mol. The van der Waals surface area contributed by atoms with Crippen LogP contribution in [0.3, 0.4) is 0 Å². The van der Waals surface area contributed by atoms with Crippen LogP contribution in [0.5, 0.6) is 0 Å². The first-order chi connectivity index (χ1) is 13.2. The number of ether oxygens (including phenoxy) is 1. The van der Waals surface area contributed by atoms with E-state index in [-0.39, 0.29) is 11.5 Å². The van der Waals surface area contributed by atoms with Gasteiger partial charge in [0, 0.05) is 24.1 Å². The number of hydrogen-bond acceptors (Lipinski definition) is 4. The van der Waals surface area contributed by atoms with E-state index < -0.39 is 35.0 Å². The number of carbonyl (C=O) groups is 2. The van der Waals surface area contributed by atoms with E-state index in [1.54, 1.807) is 6.07 Å². The van der Waals surface area contributed by atoms with Crippen molar-refractivity contribution in [2.75, 3.05) is 17.2 Å². The van der Waals surface area contributed by atoms with Crippen LogP contribution in [0.1, 0.15) is 28.8 Å². The normalized spacial score (nSPS) is 16.6. The fraction of sp³-hybridized carbons (Fsp3) is 0.278. The molecular weight excluding hydrogens is 379 g/mol. The number of aromatic nitrogens is 1. The van der Waals surface area contributed by atoms with Gasteiger partial charge in [-0.25, -0.2) is 0 Å². The number of carbonyl (C=O) groups excluding carboxylic acids is 2. The third-order valence-corrected chi connectivity index (χ3v) is 4.09. The van der Waals surface area contributed by atoms with Crippen molar-refractivity contribution in [1.82, 2.24) is 4.98 Å². The van der Waals surface area contributed by atoms with Crippen molar-refractivity contribution in [2.24, 2.45) is 0 Å². The molecule has 3 N–H and O–H groups in total. The maximum atomic E-state index is 12.8. The van der Waals surface area contributed by atoms with E-state index in [0.717, 1.165) is 6.42 Å². The molecule has 1 aromatic carbocycles. The highest BCUT2D eigenvalue weighted by atomic mass is 19.4. The Morgan fingerprint density at radius 3 is 2.64 bits per heavy atom. The van der Waals surface area contributed by atoms with Gasteiger partial charge in [-0.2, -0.15) is 13.2 Å². The van der Waals surface area contributed by atoms with Crippen molar-refractivity contribution in [3.05, 3.63) is 58.0 Å². The highest BCUT2D eigenvalue weighted by molar-refractivity contribution is 6.05. The minimum absolute atomic E-state index is 0.0574. The second-order valence-electron chi connectivity index (χ2n) is 6.15. The molecule has 3 rings (SSSR count). The summed E-state index contributed by atoms with van der Waals surface area (Å²) in [6.45, 7) is 0.506. The Bertz CT molecular complexity index is 950. The number of rotatable bonds is 4. The molecule has 2 amide bonds. The van der Waals surface area contributed by atoms with Gasteiger partial charge >= 0.3 is 6.18 Å². The van der Waals surface area contributed by atoms with Crippen LogP contribution in [0.15, 0.2) is 41.3 Å². The molecule has 0 radical (unpaired) electrons. The summed E-state index contributed by atoms with van der Waals surface area (Å²) in [5.41, 5.74) is -2.12. The Morgan fingerprint density at radius 1 is 1.18 bits per heavy atom. The summed E-state index contributed by atoms with van der Waals surface area (Å²) >= 11 is 0. The quantitative estimate of drug-likeness (QED) is 0.741. The van der Waals surface area contributed by atoms with Gasteiger partial charge in [0.15, 0.2) is 0 Å². The van der Waals surface area contributed by atoms with Gasteiger partial charge in [0.2, 0.25) is 0 Å². The predicted molar refractivity (Wildman–Crippen MR) is 94.1 cm³/mol. The minimum Gasteiger partial charge on any atom is -0.368 e. The van der Waals surface area contributed by atoms with Crippen molar-refractivity contribution in [2.45, 2.75) is 25.1 Å². The van der Waals surface area contributed by atoms with Gasteiger partial charge in [0.1, 0.15) is 11.8 Å². The van der Waals surface area contributed by atoms with Crippen LogP contribution < -0.4 is 16.2 Å². The van der Waals surface area contributed by atoms with Crippen molar-refractivity contribution in [1.29, 1.82) is 0 Å². The number of nitrogens with one attached hydrogen (secondary N) is 3. The second-order valence-corrected chi connectivity index (χ2v) is 6.15. The zero-order valence-corrected chi connectivity index (χ0v) is 14.4. The lowest BCUT2D eigenvalue weighted by Crippen LogP contribution is -2.27. The summed E-state index contributed by atoms with van der Waals surface area (Å²) in [7, 11) is 0. The Balaban J connectivity index is 1.75. The molecule has 1 fully saturated rings. The third-order valence-electron chi connectivity index (χ3n) is 4.09. The van der Waals surface area contributed by atoms with Crippen LogP contribution in [-0.4, -0.2) is 29.5 Å². The van der Waals surface area contributed by atoms with E-state index in [9.17, 15) is 27.6 Å². The molecular formula is C18H16F3N3O4. The van der Waals surface area contributed by atoms with Crippen molar-refractivity contribution < 1.29 is 27.5 Å². The molecule has 1 aliphatic rings. The fourth-order valence-electron chi connectivity index (χ4n) is 2.68. The number of hydrogen-bond donors (Lipinski definition) is 3. The largest absolute Gasteiger partial charge is 0.417 e. The van der Waals surface area contributed by atoms with E-state index in [1.165, 1.54) is 18.2 Å². The maximum Gasteiger partial charge on any atom is 0.417 e. The Hall–Kier alpha value is -3.14. The molecule has 1 saturated heterocycles. The lowest BCUT2D eigenvalue weighted by molar-refractivity contribution is -0.137. The van der Waals surface area contributed by atoms with Crippen molar-refractivity contribution in [3.63, 3.8) is 0 Å². The zero-order valence-electron chi connectivity index (χ0n) is 14.4. The first kappa shape index (κ1) is 19.6. The highest BCUT2D eigenvalue weighted by Gasteiger charge is 2.31. The standard InChI is InChI=1S/C18H16F3N3O4/c19-18(20,21)11-8-13(16(26)22-9-11)24-15(25)10-3-1-4-12(7-10)23-17(27)14-5-2-6-28-14/h1,3-4,7-9,14H,2,5-6H2,(H,22,26)(H,23,27)(H,24,25). The van der Waals surface area contributed by atoms with Crippen LogP contribution in [0.4, 0.5) is 24.5 Å². The summed E-state index contributed by atoms with van der Waals surface area (Å²) < 4.78 is 43.6. The van der Waals surface area contributed by atoms with E-state index >= 15 is 0 Å². The van der Waals surface area contributed by atoms with E-state index in [0.29, 0.717) is 31.0 Å². The van der Waals surface area contributed by atoms with E-state index in [4.69, 9.17) is 4.74 Å². The lowest BCUT2D eigenvalue weighted by Gasteiger charge is -2.12. The molecule has 0 spiro atoms. The van der Waals surface area contributed by atoms with Crippen molar-refractivity contribution >= 4 is 23.2 Å². The molecule has 10 heteroatoms. The molecule has 7 nitrogen and oxygen atoms in total. The molecule has 0 saturated carbocycles. The van der Waals surface area contributed by atoms with Gasteiger partial charge in [-0.1, -0.05) is 6.07 Å². The van der Waals surface area contributed by atoms with Crippen molar-refractivity contribution in [3.8, 4) is 0 Å². The summed E-state index contributed by atoms with van der Waals surface area (Å²) in [4.78, 5) is 38.1. The summed E-state index contributed by atoms with van der Waals surface area (Å²) in [6, 6.07) is 6.36. The van der Waals surface area contributed by atoms with Gasteiger partial charge in [-0.05, 0) is 37.1 Å². The van der Waals surface area contributed by atoms with Crippen LogP contribution in [0.25, 0.3) is 0 Å². The molecule has 2 heterocycles. The molecule has 0 bridgehead atoms. The smallest absolute Gasteiger partial charge is 0.368 e.